The zero-order valence-corrected chi connectivity index (χ0v) is 27.3. The molecule has 0 radical (unpaired) electrons. The minimum absolute atomic E-state index is 0.0745. The van der Waals surface area contributed by atoms with Crippen molar-refractivity contribution in [3.05, 3.63) is 148 Å². The number of rotatable bonds is 8. The second-order valence-corrected chi connectivity index (χ2v) is 12.4. The number of nitrogens with zero attached hydrogens (tertiary/aromatic N) is 2. The molecule has 1 heterocycles. The number of aryl methyl sites for hydroxylation is 2. The van der Waals surface area contributed by atoms with E-state index in [0.717, 1.165) is 32.8 Å². The number of ether oxygens (including phenoxy) is 2. The summed E-state index contributed by atoms with van der Waals surface area (Å²) in [7, 11) is 3.26. The number of benzene rings is 5. The molecule has 47 heavy (non-hydrogen) atoms. The van der Waals surface area contributed by atoms with Gasteiger partial charge in [0, 0.05) is 30.8 Å². The van der Waals surface area contributed by atoms with Crippen LogP contribution in [0.5, 0.6) is 23.0 Å². The molecule has 0 spiro atoms. The van der Waals surface area contributed by atoms with Gasteiger partial charge in [0.15, 0.2) is 0 Å². The maximum Gasteiger partial charge on any atom is 0.261 e. The van der Waals surface area contributed by atoms with Crippen LogP contribution in [0.3, 0.4) is 0 Å². The average Bonchev–Trinajstić information content (AvgIpc) is 3.28. The summed E-state index contributed by atoms with van der Waals surface area (Å²) >= 11 is 0. The van der Waals surface area contributed by atoms with Crippen LogP contribution in [0.1, 0.15) is 67.2 Å². The van der Waals surface area contributed by atoms with Crippen molar-refractivity contribution >= 4 is 23.4 Å². The van der Waals surface area contributed by atoms with Crippen LogP contribution in [-0.2, 0) is 5.41 Å². The molecule has 0 saturated heterocycles. The molecule has 0 saturated carbocycles. The van der Waals surface area contributed by atoms with Crippen molar-refractivity contribution in [2.24, 2.45) is 0 Å². The Hall–Kier alpha value is -5.69. The molecule has 236 valence electrons. The van der Waals surface area contributed by atoms with Gasteiger partial charge in [-0.1, -0.05) is 55.8 Å². The number of fused-ring (bicyclic) bond motifs is 1. The molecule has 0 N–H and O–H groups in total. The van der Waals surface area contributed by atoms with E-state index < -0.39 is 0 Å². The normalized spacial score (nSPS) is 12.6. The fourth-order valence-corrected chi connectivity index (χ4v) is 5.73. The summed E-state index contributed by atoms with van der Waals surface area (Å²) in [6.07, 6.45) is 0. The third-order valence-electron chi connectivity index (χ3n) is 8.84. The number of carbonyl (C=O) groups is 3. The van der Waals surface area contributed by atoms with Crippen molar-refractivity contribution in [1.29, 1.82) is 0 Å². The van der Waals surface area contributed by atoms with Crippen LogP contribution in [-0.4, -0.2) is 36.7 Å². The molecule has 0 aromatic heterocycles. The zero-order valence-electron chi connectivity index (χ0n) is 27.3. The summed E-state index contributed by atoms with van der Waals surface area (Å²) in [5, 5.41) is 0. The molecule has 1 aliphatic rings. The Kier molecular flexibility index (Phi) is 8.16. The molecule has 1 aliphatic heterocycles. The van der Waals surface area contributed by atoms with Crippen molar-refractivity contribution in [3.63, 3.8) is 0 Å². The molecule has 6 rings (SSSR count). The fraction of sp³-hybridized carbons (Fsp3) is 0.175. The Morgan fingerprint density at radius 3 is 1.68 bits per heavy atom. The van der Waals surface area contributed by atoms with Gasteiger partial charge in [-0.3, -0.25) is 19.3 Å². The highest BCUT2D eigenvalue weighted by Crippen LogP contribution is 2.35. The van der Waals surface area contributed by atoms with Crippen LogP contribution in [0, 0.1) is 13.8 Å². The molecule has 0 aliphatic carbocycles. The monoisotopic (exact) mass is 624 g/mol. The highest BCUT2D eigenvalue weighted by Gasteiger charge is 2.33. The van der Waals surface area contributed by atoms with Crippen LogP contribution in [0.2, 0.25) is 0 Å². The van der Waals surface area contributed by atoms with Gasteiger partial charge in [0.2, 0.25) is 0 Å². The summed E-state index contributed by atoms with van der Waals surface area (Å²) in [6, 6.07) is 34.2. The lowest BCUT2D eigenvalue weighted by atomic mass is 9.78. The van der Waals surface area contributed by atoms with Crippen LogP contribution in [0.15, 0.2) is 109 Å². The van der Waals surface area contributed by atoms with E-state index in [-0.39, 0.29) is 23.1 Å². The number of carbonyl (C=O) groups excluding carboxylic acids is 3. The third kappa shape index (κ3) is 6.12. The first kappa shape index (κ1) is 31.3. The Balaban J connectivity index is 1.11. The lowest BCUT2D eigenvalue weighted by molar-refractivity contribution is 0.0692. The number of imide groups is 1. The average molecular weight is 625 g/mol. The van der Waals surface area contributed by atoms with Gasteiger partial charge in [0.1, 0.15) is 23.0 Å². The van der Waals surface area contributed by atoms with Gasteiger partial charge in [-0.05, 0) is 103 Å². The fourth-order valence-electron chi connectivity index (χ4n) is 5.73. The van der Waals surface area contributed by atoms with Gasteiger partial charge in [-0.2, -0.15) is 0 Å². The van der Waals surface area contributed by atoms with Crippen molar-refractivity contribution < 1.29 is 23.9 Å². The van der Waals surface area contributed by atoms with Crippen molar-refractivity contribution in [1.82, 2.24) is 4.90 Å². The summed E-state index contributed by atoms with van der Waals surface area (Å²) in [6.45, 7) is 8.25. The van der Waals surface area contributed by atoms with E-state index >= 15 is 0 Å². The standard InChI is InChI=1S/C40H36N2O5/c1-25-7-13-29(14-8-25)41(5)37(43)34-21-19-32(23-26(34)2)46-30-15-9-27(10-16-30)40(3,4)28-11-17-31(18-12-28)47-33-20-22-35-36(24-33)39(45)42(6)38(35)44/h7-24H,1-6H3. The summed E-state index contributed by atoms with van der Waals surface area (Å²) in [5.41, 5.74) is 6.10. The first-order valence-corrected chi connectivity index (χ1v) is 15.4. The molecular formula is C40H36N2O5. The minimum Gasteiger partial charge on any atom is -0.457 e. The lowest BCUT2D eigenvalue weighted by Crippen LogP contribution is -2.26. The molecule has 5 aromatic carbocycles. The van der Waals surface area contributed by atoms with Crippen molar-refractivity contribution in [3.8, 4) is 23.0 Å². The molecule has 3 amide bonds. The second-order valence-electron chi connectivity index (χ2n) is 12.4. The zero-order chi connectivity index (χ0) is 33.5. The van der Waals surface area contributed by atoms with Gasteiger partial charge in [0.05, 0.1) is 11.1 Å². The molecule has 0 atom stereocenters. The van der Waals surface area contributed by atoms with E-state index in [0.29, 0.717) is 39.7 Å². The Morgan fingerprint density at radius 1 is 0.638 bits per heavy atom. The first-order valence-electron chi connectivity index (χ1n) is 15.4. The minimum atomic E-state index is -0.328. The first-order chi connectivity index (χ1) is 22.4. The largest absolute Gasteiger partial charge is 0.457 e. The molecule has 7 heteroatoms. The maximum atomic E-state index is 13.2. The van der Waals surface area contributed by atoms with E-state index in [1.54, 1.807) is 30.1 Å². The molecule has 5 aromatic rings. The lowest BCUT2D eigenvalue weighted by Gasteiger charge is -2.26. The van der Waals surface area contributed by atoms with Gasteiger partial charge in [-0.25, -0.2) is 0 Å². The predicted octanol–water partition coefficient (Wildman–Crippen LogP) is 8.72. The highest BCUT2D eigenvalue weighted by molar-refractivity contribution is 6.21. The Labute approximate surface area is 275 Å². The number of hydrogen-bond acceptors (Lipinski definition) is 5. The van der Waals surface area contributed by atoms with Crippen LogP contribution in [0.25, 0.3) is 0 Å². The number of amides is 3. The van der Waals surface area contributed by atoms with Crippen LogP contribution >= 0.6 is 0 Å². The van der Waals surface area contributed by atoms with Crippen LogP contribution in [0.4, 0.5) is 5.69 Å². The summed E-state index contributed by atoms with van der Waals surface area (Å²) in [5.74, 6) is 1.77. The smallest absolute Gasteiger partial charge is 0.261 e. The van der Waals surface area contributed by atoms with Crippen molar-refractivity contribution in [2.75, 3.05) is 19.0 Å². The van der Waals surface area contributed by atoms with Gasteiger partial charge >= 0.3 is 0 Å². The van der Waals surface area contributed by atoms with Crippen molar-refractivity contribution in [2.45, 2.75) is 33.1 Å². The van der Waals surface area contributed by atoms with Gasteiger partial charge in [0.25, 0.3) is 17.7 Å². The summed E-state index contributed by atoms with van der Waals surface area (Å²) in [4.78, 5) is 40.5. The quantitative estimate of drug-likeness (QED) is 0.161. The van der Waals surface area contributed by atoms with E-state index in [9.17, 15) is 14.4 Å². The molecular weight excluding hydrogens is 588 g/mol. The SMILES string of the molecule is Cc1ccc(N(C)C(=O)c2ccc(Oc3ccc(C(C)(C)c4ccc(Oc5ccc6c(c5)C(=O)N(C)C6=O)cc4)cc3)cc2C)cc1. The van der Waals surface area contributed by atoms with E-state index in [4.69, 9.17) is 9.47 Å². The summed E-state index contributed by atoms with van der Waals surface area (Å²) < 4.78 is 12.2. The number of anilines is 1. The third-order valence-corrected chi connectivity index (χ3v) is 8.84. The van der Waals surface area contributed by atoms with E-state index in [1.807, 2.05) is 92.7 Å². The Morgan fingerprint density at radius 2 is 1.13 bits per heavy atom. The topological polar surface area (TPSA) is 76.2 Å². The second kappa shape index (κ2) is 12.2. The van der Waals surface area contributed by atoms with Gasteiger partial charge < -0.3 is 14.4 Å². The van der Waals surface area contributed by atoms with E-state index in [2.05, 4.69) is 26.0 Å². The van der Waals surface area contributed by atoms with Gasteiger partial charge in [-0.15, -0.1) is 0 Å². The molecule has 0 fully saturated rings. The maximum absolute atomic E-state index is 13.2. The predicted molar refractivity (Wildman–Crippen MR) is 183 cm³/mol. The highest BCUT2D eigenvalue weighted by atomic mass is 16.5. The number of hydrogen-bond donors (Lipinski definition) is 0. The molecule has 7 nitrogen and oxygen atoms in total. The molecule has 0 bridgehead atoms. The van der Waals surface area contributed by atoms with E-state index in [1.165, 1.54) is 7.05 Å². The Bertz CT molecular complexity index is 2000. The van der Waals surface area contributed by atoms with Crippen LogP contribution < -0.4 is 14.4 Å². The molecule has 0 unspecified atom stereocenters.